The van der Waals surface area contributed by atoms with Gasteiger partial charge in [0.1, 0.15) is 11.8 Å². The van der Waals surface area contributed by atoms with Crippen molar-refractivity contribution in [3.63, 3.8) is 0 Å². The number of carbonyl (C=O) groups excluding carboxylic acids is 1. The first-order valence-electron chi connectivity index (χ1n) is 7.53. The van der Waals surface area contributed by atoms with E-state index in [9.17, 15) is 14.7 Å². The van der Waals surface area contributed by atoms with E-state index < -0.39 is 12.0 Å². The Morgan fingerprint density at radius 2 is 2.17 bits per heavy atom. The normalized spacial score (nSPS) is 18.5. The molecule has 0 saturated carbocycles. The molecule has 7 heteroatoms. The van der Waals surface area contributed by atoms with Gasteiger partial charge in [0.2, 0.25) is 5.91 Å². The molecule has 23 heavy (non-hydrogen) atoms. The van der Waals surface area contributed by atoms with Crippen molar-refractivity contribution in [1.29, 1.82) is 0 Å². The summed E-state index contributed by atoms with van der Waals surface area (Å²) >= 11 is 6.04. The molecule has 1 aromatic rings. The summed E-state index contributed by atoms with van der Waals surface area (Å²) in [7, 11) is 1.50. The first-order chi connectivity index (χ1) is 10.9. The third kappa shape index (κ3) is 4.36. The number of carboxylic acids is 1. The molecule has 0 spiro atoms. The van der Waals surface area contributed by atoms with Crippen molar-refractivity contribution in [3.05, 3.63) is 22.7 Å². The molecule has 2 rings (SSSR count). The molecule has 0 radical (unpaired) electrons. The zero-order valence-corrected chi connectivity index (χ0v) is 14.0. The smallest absolute Gasteiger partial charge is 0.320 e. The minimum atomic E-state index is -0.877. The lowest BCUT2D eigenvalue weighted by Gasteiger charge is -2.32. The highest BCUT2D eigenvalue weighted by Crippen LogP contribution is 2.31. The van der Waals surface area contributed by atoms with Crippen molar-refractivity contribution in [2.45, 2.75) is 32.2 Å². The number of benzene rings is 1. The number of hydrogen-bond acceptors (Lipinski definition) is 4. The summed E-state index contributed by atoms with van der Waals surface area (Å²) in [4.78, 5) is 25.3. The van der Waals surface area contributed by atoms with Crippen molar-refractivity contribution < 1.29 is 19.4 Å². The monoisotopic (exact) mass is 340 g/mol. The second-order valence-corrected chi connectivity index (χ2v) is 6.08. The van der Waals surface area contributed by atoms with Crippen LogP contribution in [-0.4, -0.2) is 48.1 Å². The molecule has 0 aromatic heterocycles. The van der Waals surface area contributed by atoms with E-state index in [1.165, 1.54) is 7.11 Å². The molecular weight excluding hydrogens is 320 g/mol. The van der Waals surface area contributed by atoms with Crippen LogP contribution >= 0.6 is 11.6 Å². The van der Waals surface area contributed by atoms with Gasteiger partial charge < -0.3 is 15.2 Å². The molecule has 126 valence electrons. The summed E-state index contributed by atoms with van der Waals surface area (Å²) in [6.45, 7) is 2.49. The fourth-order valence-electron chi connectivity index (χ4n) is 2.76. The van der Waals surface area contributed by atoms with Gasteiger partial charge in [-0.2, -0.15) is 0 Å². The van der Waals surface area contributed by atoms with E-state index >= 15 is 0 Å². The lowest BCUT2D eigenvalue weighted by molar-refractivity contribution is -0.145. The van der Waals surface area contributed by atoms with Crippen LogP contribution in [0.15, 0.2) is 12.1 Å². The lowest BCUT2D eigenvalue weighted by atomic mass is 10.0. The Hall–Kier alpha value is -1.79. The predicted molar refractivity (Wildman–Crippen MR) is 88.2 cm³/mol. The minimum Gasteiger partial charge on any atom is -0.495 e. The van der Waals surface area contributed by atoms with Crippen LogP contribution in [0.4, 0.5) is 5.69 Å². The predicted octanol–water partition coefficient (Wildman–Crippen LogP) is 2.53. The number of halogens is 1. The van der Waals surface area contributed by atoms with Crippen LogP contribution in [-0.2, 0) is 9.59 Å². The average molecular weight is 341 g/mol. The van der Waals surface area contributed by atoms with Gasteiger partial charge in [-0.05, 0) is 37.9 Å². The number of hydrogen-bond donors (Lipinski definition) is 2. The maximum absolute atomic E-state index is 12.3. The fourth-order valence-corrected chi connectivity index (χ4v) is 2.92. The Kier molecular flexibility index (Phi) is 5.85. The summed E-state index contributed by atoms with van der Waals surface area (Å²) in [5.74, 6) is -0.669. The van der Waals surface area contributed by atoms with Crippen LogP contribution in [0.5, 0.6) is 5.75 Å². The lowest BCUT2D eigenvalue weighted by Crippen LogP contribution is -2.47. The van der Waals surface area contributed by atoms with Crippen LogP contribution < -0.4 is 10.1 Å². The molecule has 6 nitrogen and oxygen atoms in total. The van der Waals surface area contributed by atoms with Gasteiger partial charge in [0.05, 0.1) is 19.3 Å². The Balaban J connectivity index is 2.07. The van der Waals surface area contributed by atoms with Crippen molar-refractivity contribution in [2.75, 3.05) is 25.5 Å². The largest absolute Gasteiger partial charge is 0.495 e. The van der Waals surface area contributed by atoms with E-state index in [0.29, 0.717) is 29.4 Å². The number of anilines is 1. The molecule has 1 fully saturated rings. The van der Waals surface area contributed by atoms with Crippen LogP contribution in [0.25, 0.3) is 0 Å². The quantitative estimate of drug-likeness (QED) is 0.861. The van der Waals surface area contributed by atoms with Gasteiger partial charge >= 0.3 is 5.97 Å². The highest BCUT2D eigenvalue weighted by atomic mass is 35.5. The zero-order valence-electron chi connectivity index (χ0n) is 13.3. The Morgan fingerprint density at radius 1 is 1.43 bits per heavy atom. The summed E-state index contributed by atoms with van der Waals surface area (Å²) in [6, 6.07) is 2.79. The number of nitrogens with one attached hydrogen (secondary N) is 1. The molecule has 1 atom stereocenters. The highest BCUT2D eigenvalue weighted by molar-refractivity contribution is 6.31. The molecule has 1 aromatic carbocycles. The summed E-state index contributed by atoms with van der Waals surface area (Å²) in [6.07, 6.45) is 2.35. The van der Waals surface area contributed by atoms with Gasteiger partial charge in [-0.25, -0.2) is 0 Å². The van der Waals surface area contributed by atoms with E-state index in [0.717, 1.165) is 18.4 Å². The number of piperidine rings is 1. The molecule has 0 aliphatic carbocycles. The fraction of sp³-hybridized carbons (Fsp3) is 0.500. The van der Waals surface area contributed by atoms with E-state index in [4.69, 9.17) is 16.3 Å². The molecular formula is C16H21ClN2O4. The number of likely N-dealkylation sites (tertiary alicyclic amines) is 1. The van der Waals surface area contributed by atoms with Crippen LogP contribution in [0.3, 0.4) is 0 Å². The first-order valence-corrected chi connectivity index (χ1v) is 7.91. The Morgan fingerprint density at radius 3 is 2.83 bits per heavy atom. The number of carbonyl (C=O) groups is 2. The first kappa shape index (κ1) is 17.6. The zero-order chi connectivity index (χ0) is 17.0. The number of carboxylic acid groups (broad SMARTS) is 1. The number of nitrogens with zero attached hydrogens (tertiary/aromatic N) is 1. The molecule has 1 amide bonds. The maximum Gasteiger partial charge on any atom is 0.320 e. The van der Waals surface area contributed by atoms with Crippen molar-refractivity contribution in [2.24, 2.45) is 0 Å². The Labute approximate surface area is 140 Å². The SMILES string of the molecule is COc1cc(Cl)c(C)cc1NC(=O)CN1CCCCC1C(=O)O. The average Bonchev–Trinajstić information content (AvgIpc) is 2.50. The number of aliphatic carboxylic acids is 1. The number of ether oxygens (including phenoxy) is 1. The topological polar surface area (TPSA) is 78.9 Å². The molecule has 1 unspecified atom stereocenters. The van der Waals surface area contributed by atoms with E-state index in [2.05, 4.69) is 5.32 Å². The minimum absolute atomic E-state index is 0.0434. The second-order valence-electron chi connectivity index (χ2n) is 5.67. The number of aryl methyl sites for hydroxylation is 1. The van der Waals surface area contributed by atoms with Crippen LogP contribution in [0.1, 0.15) is 24.8 Å². The number of amides is 1. The third-order valence-electron chi connectivity index (χ3n) is 4.00. The van der Waals surface area contributed by atoms with Crippen molar-refractivity contribution >= 4 is 29.2 Å². The summed E-state index contributed by atoms with van der Waals surface area (Å²) < 4.78 is 5.22. The summed E-state index contributed by atoms with van der Waals surface area (Å²) in [5, 5.41) is 12.6. The molecule has 1 aliphatic rings. The van der Waals surface area contributed by atoms with Crippen LogP contribution in [0.2, 0.25) is 5.02 Å². The van der Waals surface area contributed by atoms with E-state index in [1.807, 2.05) is 6.92 Å². The molecule has 1 aliphatic heterocycles. The van der Waals surface area contributed by atoms with Gasteiger partial charge in [0.25, 0.3) is 0 Å². The summed E-state index contributed by atoms with van der Waals surface area (Å²) in [5.41, 5.74) is 1.35. The van der Waals surface area contributed by atoms with Gasteiger partial charge in [-0.15, -0.1) is 0 Å². The molecule has 1 saturated heterocycles. The van der Waals surface area contributed by atoms with E-state index in [1.54, 1.807) is 17.0 Å². The van der Waals surface area contributed by atoms with Gasteiger partial charge in [-0.3, -0.25) is 14.5 Å². The second kappa shape index (κ2) is 7.66. The van der Waals surface area contributed by atoms with Crippen molar-refractivity contribution in [1.82, 2.24) is 4.90 Å². The van der Waals surface area contributed by atoms with E-state index in [-0.39, 0.29) is 12.5 Å². The van der Waals surface area contributed by atoms with Gasteiger partial charge in [0, 0.05) is 11.1 Å². The standard InChI is InChI=1S/C16H21ClN2O4/c1-10-7-12(14(23-2)8-11(10)17)18-15(20)9-19-6-4-3-5-13(19)16(21)22/h7-8,13H,3-6,9H2,1-2H3,(H,18,20)(H,21,22). The molecule has 0 bridgehead atoms. The molecule has 2 N–H and O–H groups in total. The van der Waals surface area contributed by atoms with Crippen molar-refractivity contribution in [3.8, 4) is 5.75 Å². The third-order valence-corrected chi connectivity index (χ3v) is 4.41. The Bertz CT molecular complexity index is 606. The van der Waals surface area contributed by atoms with Crippen LogP contribution in [0, 0.1) is 6.92 Å². The van der Waals surface area contributed by atoms with Gasteiger partial charge in [0.15, 0.2) is 0 Å². The number of methoxy groups -OCH3 is 1. The van der Waals surface area contributed by atoms with Gasteiger partial charge in [-0.1, -0.05) is 18.0 Å². The highest BCUT2D eigenvalue weighted by Gasteiger charge is 2.29. The molecule has 1 heterocycles. The maximum atomic E-state index is 12.3. The number of rotatable bonds is 5.